The summed E-state index contributed by atoms with van der Waals surface area (Å²) in [4.78, 5) is 36.7. The van der Waals surface area contributed by atoms with Crippen LogP contribution in [0.15, 0.2) is 77.9 Å². The van der Waals surface area contributed by atoms with Crippen LogP contribution >= 0.6 is 0 Å². The van der Waals surface area contributed by atoms with Crippen LogP contribution in [0.4, 0.5) is 22.0 Å². The second kappa shape index (κ2) is 11.9. The summed E-state index contributed by atoms with van der Waals surface area (Å²) in [6.45, 7) is 7.88. The largest absolute Gasteiger partial charge is 0.444 e. The second-order valence-corrected chi connectivity index (χ2v) is 12.9. The van der Waals surface area contributed by atoms with Crippen LogP contribution in [0.25, 0.3) is 0 Å². The zero-order valence-electron chi connectivity index (χ0n) is 23.7. The van der Waals surface area contributed by atoms with E-state index in [1.54, 1.807) is 69.3 Å². The molecule has 0 spiro atoms. The predicted octanol–water partition coefficient (Wildman–Crippen LogP) is 4.45. The Kier molecular flexibility index (Phi) is 8.28. The Morgan fingerprint density at radius 3 is 2.36 bits per heavy atom. The molecule has 2 aromatic carbocycles. The molecule has 2 amide bonds. The number of amides is 2. The van der Waals surface area contributed by atoms with E-state index in [1.165, 1.54) is 12.3 Å². The number of nitrogens with one attached hydrogen (secondary N) is 1. The summed E-state index contributed by atoms with van der Waals surface area (Å²) < 4.78 is 39.1. The van der Waals surface area contributed by atoms with Crippen LogP contribution in [-0.4, -0.2) is 67.3 Å². The number of rotatable bonds is 6. The van der Waals surface area contributed by atoms with Gasteiger partial charge < -0.3 is 14.4 Å². The van der Waals surface area contributed by atoms with Crippen molar-refractivity contribution >= 4 is 44.9 Å². The first-order chi connectivity index (χ1) is 20.0. The van der Waals surface area contributed by atoms with Gasteiger partial charge in [-0.05, 0) is 62.2 Å². The van der Waals surface area contributed by atoms with E-state index in [0.29, 0.717) is 30.0 Å². The predicted molar refractivity (Wildman–Crippen MR) is 159 cm³/mol. The lowest BCUT2D eigenvalue weighted by Crippen LogP contribution is -2.36. The van der Waals surface area contributed by atoms with Gasteiger partial charge in [0.25, 0.3) is 15.9 Å². The van der Waals surface area contributed by atoms with Gasteiger partial charge in [-0.25, -0.2) is 27.5 Å². The van der Waals surface area contributed by atoms with Crippen molar-refractivity contribution < 1.29 is 27.5 Å². The number of sulfonamides is 1. The van der Waals surface area contributed by atoms with Crippen molar-refractivity contribution in [3.8, 4) is 0 Å². The van der Waals surface area contributed by atoms with E-state index in [0.717, 1.165) is 23.1 Å². The highest BCUT2D eigenvalue weighted by Gasteiger charge is 2.51. The monoisotopic (exact) mass is 591 g/mol. The number of carbonyl (C=O) groups is 2. The van der Waals surface area contributed by atoms with Gasteiger partial charge in [-0.3, -0.25) is 10.1 Å². The van der Waals surface area contributed by atoms with Crippen LogP contribution in [0.2, 0.25) is 0 Å². The number of anilines is 2. The Morgan fingerprint density at radius 1 is 1.05 bits per heavy atom. The van der Waals surface area contributed by atoms with Crippen molar-refractivity contribution in [2.75, 3.05) is 36.5 Å². The summed E-state index contributed by atoms with van der Waals surface area (Å²) in [5.41, 5.74) is 1.65. The van der Waals surface area contributed by atoms with Gasteiger partial charge in [0.2, 0.25) is 0 Å². The molecule has 3 heterocycles. The van der Waals surface area contributed by atoms with E-state index in [-0.39, 0.29) is 18.1 Å². The fourth-order valence-corrected chi connectivity index (χ4v) is 6.56. The number of morpholine rings is 1. The summed E-state index contributed by atoms with van der Waals surface area (Å²) in [6.07, 6.45) is 0.747. The van der Waals surface area contributed by atoms with Crippen molar-refractivity contribution in [3.63, 3.8) is 0 Å². The van der Waals surface area contributed by atoms with Crippen LogP contribution in [0.3, 0.4) is 0 Å². The number of carbonyl (C=O) groups excluding carboxylic acids is 2. The topological polar surface area (TPSA) is 130 Å². The summed E-state index contributed by atoms with van der Waals surface area (Å²) in [7, 11) is -4.16. The van der Waals surface area contributed by atoms with Gasteiger partial charge in [0, 0.05) is 25.0 Å². The molecule has 2 aliphatic rings. The van der Waals surface area contributed by atoms with Crippen molar-refractivity contribution in [2.45, 2.75) is 38.2 Å². The van der Waals surface area contributed by atoms with Crippen LogP contribution in [0, 0.1) is 0 Å². The van der Waals surface area contributed by atoms with Crippen molar-refractivity contribution in [1.29, 1.82) is 0 Å². The van der Waals surface area contributed by atoms with Crippen LogP contribution in [0.5, 0.6) is 0 Å². The quantitative estimate of drug-likeness (QED) is 0.445. The molecule has 1 N–H and O–H groups in total. The number of hydrogen-bond donors (Lipinski definition) is 1. The number of benzene rings is 2. The molecule has 12 heteroatoms. The van der Waals surface area contributed by atoms with Crippen LogP contribution in [-0.2, 0) is 30.8 Å². The summed E-state index contributed by atoms with van der Waals surface area (Å²) in [5.74, 6) is -0.467. The van der Waals surface area contributed by atoms with Gasteiger partial charge in [0.05, 0.1) is 25.4 Å². The molecule has 2 fully saturated rings. The molecular weight excluding hydrogens is 558 g/mol. The minimum absolute atomic E-state index is 0.0727. The molecule has 0 bridgehead atoms. The van der Waals surface area contributed by atoms with Gasteiger partial charge in [-0.15, -0.1) is 0 Å². The molecule has 3 aromatic rings. The van der Waals surface area contributed by atoms with Crippen molar-refractivity contribution in [3.05, 3.63) is 84.1 Å². The molecule has 1 unspecified atom stereocenters. The third-order valence-electron chi connectivity index (χ3n) is 6.66. The SMILES string of the molecule is CC(C)(C)OC(=O)Nc1ccc(CN2C(=O)C(=Nc3ccc(N4CCOCC4)cc3)C(c3ccccc3)S2(=O)=O)cn1. The van der Waals surface area contributed by atoms with Gasteiger partial charge in [-0.2, -0.15) is 0 Å². The van der Waals surface area contributed by atoms with E-state index < -0.39 is 32.9 Å². The molecule has 1 aromatic heterocycles. The van der Waals surface area contributed by atoms with Crippen LogP contribution < -0.4 is 10.2 Å². The summed E-state index contributed by atoms with van der Waals surface area (Å²) >= 11 is 0. The van der Waals surface area contributed by atoms with Gasteiger partial charge in [0.1, 0.15) is 17.1 Å². The Balaban J connectivity index is 1.40. The molecule has 2 aliphatic heterocycles. The maximum Gasteiger partial charge on any atom is 0.413 e. The van der Waals surface area contributed by atoms with Crippen molar-refractivity contribution in [1.82, 2.24) is 9.29 Å². The molecular formula is C30H33N5O6S. The Bertz CT molecular complexity index is 1560. The highest BCUT2D eigenvalue weighted by Crippen LogP contribution is 2.37. The zero-order chi connectivity index (χ0) is 29.9. The van der Waals surface area contributed by atoms with E-state index in [9.17, 15) is 18.0 Å². The number of ether oxygens (including phenoxy) is 2. The summed E-state index contributed by atoms with van der Waals surface area (Å²) in [5, 5.41) is 1.27. The van der Waals surface area contributed by atoms with E-state index in [2.05, 4.69) is 20.2 Å². The molecule has 220 valence electrons. The minimum Gasteiger partial charge on any atom is -0.444 e. The molecule has 0 radical (unpaired) electrons. The number of aromatic nitrogens is 1. The Morgan fingerprint density at radius 2 is 1.74 bits per heavy atom. The van der Waals surface area contributed by atoms with E-state index >= 15 is 0 Å². The average molecular weight is 592 g/mol. The molecule has 0 aliphatic carbocycles. The normalized spacial score (nSPS) is 19.6. The van der Waals surface area contributed by atoms with Gasteiger partial charge in [0.15, 0.2) is 5.25 Å². The van der Waals surface area contributed by atoms with Crippen LogP contribution in [0.1, 0.15) is 37.1 Å². The molecule has 5 rings (SSSR count). The first-order valence-corrected chi connectivity index (χ1v) is 15.1. The standard InChI is InChI=1S/C30H33N5O6S/c1-30(2,3)41-29(37)33-25-14-9-21(19-31-25)20-35-28(36)26(27(42(35,38)39)22-7-5-4-6-8-22)32-23-10-12-24(13-11-23)34-15-17-40-18-16-34/h4-14,19,27H,15-18,20H2,1-3H3,(H,31,33,37). The molecule has 0 saturated carbocycles. The molecule has 42 heavy (non-hydrogen) atoms. The lowest BCUT2D eigenvalue weighted by atomic mass is 10.1. The minimum atomic E-state index is -4.16. The summed E-state index contributed by atoms with van der Waals surface area (Å²) in [6, 6.07) is 19.1. The Hall–Kier alpha value is -4.29. The lowest BCUT2D eigenvalue weighted by molar-refractivity contribution is -0.119. The maximum absolute atomic E-state index is 13.8. The van der Waals surface area contributed by atoms with E-state index in [1.807, 2.05) is 12.1 Å². The number of aliphatic imine (C=N–C) groups is 1. The van der Waals surface area contributed by atoms with Crippen molar-refractivity contribution in [2.24, 2.45) is 4.99 Å². The lowest BCUT2D eigenvalue weighted by Gasteiger charge is -2.28. The Labute approximate surface area is 245 Å². The number of nitrogens with zero attached hydrogens (tertiary/aromatic N) is 4. The van der Waals surface area contributed by atoms with E-state index in [4.69, 9.17) is 9.47 Å². The first-order valence-electron chi connectivity index (χ1n) is 13.6. The fourth-order valence-electron chi connectivity index (χ4n) is 4.71. The first kappa shape index (κ1) is 29.2. The third kappa shape index (κ3) is 6.60. The second-order valence-electron chi connectivity index (χ2n) is 10.9. The van der Waals surface area contributed by atoms with Gasteiger partial charge >= 0.3 is 6.09 Å². The number of hydrogen-bond acceptors (Lipinski definition) is 9. The highest BCUT2D eigenvalue weighted by molar-refractivity contribution is 7.91. The highest BCUT2D eigenvalue weighted by atomic mass is 32.2. The van der Waals surface area contributed by atoms with Gasteiger partial charge in [-0.1, -0.05) is 36.4 Å². The fraction of sp³-hybridized carbons (Fsp3) is 0.333. The smallest absolute Gasteiger partial charge is 0.413 e. The molecule has 2 saturated heterocycles. The maximum atomic E-state index is 13.8. The molecule has 11 nitrogen and oxygen atoms in total. The third-order valence-corrected chi connectivity index (χ3v) is 8.66. The average Bonchev–Trinajstić information content (AvgIpc) is 3.14. The zero-order valence-corrected chi connectivity index (χ0v) is 24.5. The molecule has 1 atom stereocenters. The number of pyridine rings is 1.